The van der Waals surface area contributed by atoms with E-state index in [4.69, 9.17) is 9.68 Å². The highest BCUT2D eigenvalue weighted by molar-refractivity contribution is 5.91. The summed E-state index contributed by atoms with van der Waals surface area (Å²) < 4.78 is 5.28. The van der Waals surface area contributed by atoms with E-state index in [0.717, 1.165) is 0 Å². The van der Waals surface area contributed by atoms with Crippen molar-refractivity contribution in [1.82, 2.24) is 4.90 Å². The highest BCUT2D eigenvalue weighted by Crippen LogP contribution is 2.12. The molecule has 1 heterocycles. The number of nitrogens with zero attached hydrogens (tertiary/aromatic N) is 2. The fourth-order valence-corrected chi connectivity index (χ4v) is 1.46. The Balaban J connectivity index is 2.79. The summed E-state index contributed by atoms with van der Waals surface area (Å²) in [5.74, 6) is 0.898. The minimum atomic E-state index is -0.154. The molecular weight excluding hydrogens is 204 g/mol. The van der Waals surface area contributed by atoms with Crippen molar-refractivity contribution in [3.8, 4) is 6.07 Å². The Labute approximate surface area is 95.5 Å². The van der Waals surface area contributed by atoms with Gasteiger partial charge in [-0.3, -0.25) is 4.79 Å². The van der Waals surface area contributed by atoms with Crippen molar-refractivity contribution in [2.24, 2.45) is 0 Å². The molecule has 0 fully saturated rings. The maximum atomic E-state index is 12.0. The second kappa shape index (κ2) is 5.36. The molecule has 0 aliphatic heterocycles. The Morgan fingerprint density at radius 2 is 2.25 bits per heavy atom. The molecule has 0 radical (unpaired) electrons. The van der Waals surface area contributed by atoms with Crippen LogP contribution in [0, 0.1) is 18.3 Å². The lowest BCUT2D eigenvalue weighted by Crippen LogP contribution is -2.37. The van der Waals surface area contributed by atoms with E-state index in [1.165, 1.54) is 0 Å². The van der Waals surface area contributed by atoms with Gasteiger partial charge < -0.3 is 9.32 Å². The number of hydrogen-bond donors (Lipinski definition) is 0. The number of furan rings is 1. The van der Waals surface area contributed by atoms with Crippen molar-refractivity contribution in [1.29, 1.82) is 5.26 Å². The van der Waals surface area contributed by atoms with Gasteiger partial charge in [-0.1, -0.05) is 0 Å². The van der Waals surface area contributed by atoms with E-state index in [1.807, 2.05) is 19.9 Å². The Kier molecular flexibility index (Phi) is 4.12. The van der Waals surface area contributed by atoms with Gasteiger partial charge in [0.15, 0.2) is 5.76 Å². The fraction of sp³-hybridized carbons (Fsp3) is 0.500. The molecular formula is C12H16N2O2. The molecule has 0 aromatic carbocycles. The summed E-state index contributed by atoms with van der Waals surface area (Å²) in [5.41, 5.74) is 0. The second-order valence-corrected chi connectivity index (χ2v) is 3.91. The molecule has 0 aliphatic rings. The lowest BCUT2D eigenvalue weighted by atomic mass is 10.2. The van der Waals surface area contributed by atoms with Gasteiger partial charge >= 0.3 is 0 Å². The number of amides is 1. The van der Waals surface area contributed by atoms with Crippen LogP contribution >= 0.6 is 0 Å². The summed E-state index contributed by atoms with van der Waals surface area (Å²) in [5, 5.41) is 8.54. The van der Waals surface area contributed by atoms with Gasteiger partial charge in [-0.2, -0.15) is 5.26 Å². The SMILES string of the molecule is Cc1ccc(C(=O)N(CCC#N)C(C)C)o1. The lowest BCUT2D eigenvalue weighted by molar-refractivity contribution is 0.0676. The van der Waals surface area contributed by atoms with Gasteiger partial charge in [0.1, 0.15) is 5.76 Å². The first kappa shape index (κ1) is 12.3. The number of hydrogen-bond acceptors (Lipinski definition) is 3. The maximum absolute atomic E-state index is 12.0. The van der Waals surface area contributed by atoms with Crippen LogP contribution in [0.5, 0.6) is 0 Å². The van der Waals surface area contributed by atoms with Gasteiger partial charge in [0.25, 0.3) is 5.91 Å². The van der Waals surface area contributed by atoms with Crippen molar-refractivity contribution in [2.75, 3.05) is 6.54 Å². The first-order valence-corrected chi connectivity index (χ1v) is 5.30. The first-order chi connectivity index (χ1) is 7.56. The van der Waals surface area contributed by atoms with E-state index in [2.05, 4.69) is 0 Å². The largest absolute Gasteiger partial charge is 0.456 e. The van der Waals surface area contributed by atoms with Crippen molar-refractivity contribution >= 4 is 5.91 Å². The number of carbonyl (C=O) groups is 1. The average Bonchev–Trinajstić information content (AvgIpc) is 2.64. The van der Waals surface area contributed by atoms with Crippen molar-refractivity contribution < 1.29 is 9.21 Å². The average molecular weight is 220 g/mol. The third-order valence-electron chi connectivity index (χ3n) is 2.30. The van der Waals surface area contributed by atoms with E-state index < -0.39 is 0 Å². The summed E-state index contributed by atoms with van der Waals surface area (Å²) in [6.45, 7) is 6.08. The monoisotopic (exact) mass is 220 g/mol. The smallest absolute Gasteiger partial charge is 0.289 e. The van der Waals surface area contributed by atoms with Gasteiger partial charge in [0, 0.05) is 12.6 Å². The standard InChI is InChI=1S/C12H16N2O2/c1-9(2)14(8-4-7-13)12(15)11-6-5-10(3)16-11/h5-6,9H,4,8H2,1-3H3. The Bertz CT molecular complexity index is 401. The molecule has 0 unspecified atom stereocenters. The third kappa shape index (κ3) is 2.86. The van der Waals surface area contributed by atoms with Gasteiger partial charge in [-0.05, 0) is 32.9 Å². The lowest BCUT2D eigenvalue weighted by Gasteiger charge is -2.24. The van der Waals surface area contributed by atoms with Crippen molar-refractivity contribution in [3.63, 3.8) is 0 Å². The van der Waals surface area contributed by atoms with Crippen molar-refractivity contribution in [2.45, 2.75) is 33.2 Å². The molecule has 0 aliphatic carbocycles. The predicted molar refractivity (Wildman–Crippen MR) is 59.8 cm³/mol. The van der Waals surface area contributed by atoms with E-state index >= 15 is 0 Å². The van der Waals surface area contributed by atoms with Crippen LogP contribution in [0.1, 0.15) is 36.6 Å². The zero-order valence-electron chi connectivity index (χ0n) is 9.86. The van der Waals surface area contributed by atoms with Crippen LogP contribution in [0.15, 0.2) is 16.5 Å². The van der Waals surface area contributed by atoms with Gasteiger partial charge in [0.2, 0.25) is 0 Å². The van der Waals surface area contributed by atoms with E-state index in [-0.39, 0.29) is 11.9 Å². The molecule has 1 aromatic rings. The molecule has 0 bridgehead atoms. The normalized spacial score (nSPS) is 10.2. The zero-order chi connectivity index (χ0) is 12.1. The molecule has 16 heavy (non-hydrogen) atoms. The summed E-state index contributed by atoms with van der Waals surface area (Å²) >= 11 is 0. The summed E-state index contributed by atoms with van der Waals surface area (Å²) in [6.07, 6.45) is 0.337. The van der Waals surface area contributed by atoms with E-state index in [1.54, 1.807) is 24.0 Å². The third-order valence-corrected chi connectivity index (χ3v) is 2.30. The Morgan fingerprint density at radius 3 is 2.69 bits per heavy atom. The van der Waals surface area contributed by atoms with E-state index in [9.17, 15) is 4.79 Å². The maximum Gasteiger partial charge on any atom is 0.289 e. The minimum absolute atomic E-state index is 0.0613. The molecule has 1 amide bonds. The van der Waals surface area contributed by atoms with Crippen LogP contribution in [0.4, 0.5) is 0 Å². The molecule has 0 saturated heterocycles. The number of rotatable bonds is 4. The molecule has 86 valence electrons. The van der Waals surface area contributed by atoms with Crippen LogP contribution in [-0.2, 0) is 0 Å². The highest BCUT2D eigenvalue weighted by atomic mass is 16.3. The van der Waals surface area contributed by atoms with Gasteiger partial charge in [0.05, 0.1) is 12.5 Å². The fourth-order valence-electron chi connectivity index (χ4n) is 1.46. The first-order valence-electron chi connectivity index (χ1n) is 5.30. The van der Waals surface area contributed by atoms with Gasteiger partial charge in [-0.25, -0.2) is 0 Å². The summed E-state index contributed by atoms with van der Waals surface area (Å²) in [6, 6.07) is 5.53. The van der Waals surface area contributed by atoms with Crippen LogP contribution in [-0.4, -0.2) is 23.4 Å². The molecule has 4 heteroatoms. The molecule has 0 spiro atoms. The van der Waals surface area contributed by atoms with Crippen LogP contribution < -0.4 is 0 Å². The quantitative estimate of drug-likeness (QED) is 0.782. The number of aryl methyl sites for hydroxylation is 1. The number of nitriles is 1. The topological polar surface area (TPSA) is 57.2 Å². The molecule has 1 rings (SSSR count). The summed E-state index contributed by atoms with van der Waals surface area (Å²) in [4.78, 5) is 13.7. The Hall–Kier alpha value is -1.76. The molecule has 0 atom stereocenters. The molecule has 0 N–H and O–H groups in total. The second-order valence-electron chi connectivity index (χ2n) is 3.91. The minimum Gasteiger partial charge on any atom is -0.456 e. The molecule has 0 saturated carbocycles. The van der Waals surface area contributed by atoms with Crippen LogP contribution in [0.2, 0.25) is 0 Å². The molecule has 4 nitrogen and oxygen atoms in total. The summed E-state index contributed by atoms with van der Waals surface area (Å²) in [7, 11) is 0. The van der Waals surface area contributed by atoms with Crippen LogP contribution in [0.25, 0.3) is 0 Å². The highest BCUT2D eigenvalue weighted by Gasteiger charge is 2.20. The zero-order valence-corrected chi connectivity index (χ0v) is 9.86. The van der Waals surface area contributed by atoms with Crippen molar-refractivity contribution in [3.05, 3.63) is 23.7 Å². The van der Waals surface area contributed by atoms with Crippen LogP contribution in [0.3, 0.4) is 0 Å². The predicted octanol–water partition coefficient (Wildman–Crippen LogP) is 2.35. The Morgan fingerprint density at radius 1 is 1.56 bits per heavy atom. The molecule has 1 aromatic heterocycles. The van der Waals surface area contributed by atoms with Gasteiger partial charge in [-0.15, -0.1) is 0 Å². The number of carbonyl (C=O) groups excluding carboxylic acids is 1. The van der Waals surface area contributed by atoms with E-state index in [0.29, 0.717) is 24.5 Å².